The van der Waals surface area contributed by atoms with Crippen molar-refractivity contribution in [1.82, 2.24) is 4.98 Å². The Bertz CT molecular complexity index is 1520. The van der Waals surface area contributed by atoms with Crippen LogP contribution >= 0.6 is 11.6 Å². The molecular formula is C24H14ClN3O4. The average molecular weight is 444 g/mol. The minimum atomic E-state index is -0.451. The first-order valence-electron chi connectivity index (χ1n) is 9.59. The first-order chi connectivity index (χ1) is 15.5. The fourth-order valence-electron chi connectivity index (χ4n) is 3.43. The van der Waals surface area contributed by atoms with Crippen molar-refractivity contribution < 1.29 is 14.4 Å². The Hall–Kier alpha value is -4.23. The number of hydrogen-bond acceptors (Lipinski definition) is 6. The Morgan fingerprint density at radius 1 is 1.03 bits per heavy atom. The number of aliphatic imine (C=N–C) groups is 1. The number of halogens is 1. The van der Waals surface area contributed by atoms with Gasteiger partial charge in [-0.05, 0) is 65.4 Å². The molecule has 0 saturated heterocycles. The van der Waals surface area contributed by atoms with Crippen molar-refractivity contribution >= 4 is 51.1 Å². The van der Waals surface area contributed by atoms with Crippen LogP contribution in [0.2, 0.25) is 5.02 Å². The average Bonchev–Trinajstić information content (AvgIpc) is 3.21. The molecular weight excluding hydrogens is 430 g/mol. The summed E-state index contributed by atoms with van der Waals surface area (Å²) in [6, 6.07) is 20.2. The lowest BCUT2D eigenvalue weighted by Gasteiger charge is -2.05. The molecule has 0 aliphatic rings. The maximum atomic E-state index is 11.0. The molecule has 0 bridgehead atoms. The van der Waals surface area contributed by atoms with E-state index in [0.717, 1.165) is 5.56 Å². The zero-order valence-electron chi connectivity index (χ0n) is 16.4. The quantitative estimate of drug-likeness (QED) is 0.190. The molecule has 0 atom stereocenters. The van der Waals surface area contributed by atoms with Gasteiger partial charge >= 0.3 is 0 Å². The number of hydrogen-bond donors (Lipinski definition) is 1. The van der Waals surface area contributed by atoms with Gasteiger partial charge in [0, 0.05) is 34.5 Å². The number of nitrogens with zero attached hydrogens (tertiary/aromatic N) is 3. The van der Waals surface area contributed by atoms with Crippen LogP contribution in [0.3, 0.4) is 0 Å². The fourth-order valence-corrected chi connectivity index (χ4v) is 3.60. The Kier molecular flexibility index (Phi) is 4.80. The Morgan fingerprint density at radius 2 is 1.84 bits per heavy atom. The van der Waals surface area contributed by atoms with Crippen molar-refractivity contribution in [2.24, 2.45) is 4.99 Å². The van der Waals surface area contributed by atoms with Crippen LogP contribution in [0.4, 0.5) is 11.4 Å². The molecule has 4 aromatic carbocycles. The molecule has 1 N–H and O–H groups in total. The first kappa shape index (κ1) is 19.7. The van der Waals surface area contributed by atoms with E-state index in [1.54, 1.807) is 48.7 Å². The Labute approximate surface area is 186 Å². The number of phenolic OH excluding ortho intramolecular Hbond substituents is 1. The SMILES string of the molecule is O=[N+]([O-])c1ccc2c(C=Nc3ccc(-c4nc5cc(Cl)ccc5o4)cc3)c(O)ccc2c1. The van der Waals surface area contributed by atoms with Gasteiger partial charge in [-0.15, -0.1) is 0 Å². The lowest BCUT2D eigenvalue weighted by molar-refractivity contribution is -0.384. The highest BCUT2D eigenvalue weighted by Crippen LogP contribution is 2.30. The largest absolute Gasteiger partial charge is 0.507 e. The number of benzene rings is 4. The van der Waals surface area contributed by atoms with Crippen molar-refractivity contribution in [2.45, 2.75) is 0 Å². The number of aromatic hydroxyl groups is 1. The van der Waals surface area contributed by atoms with Crippen LogP contribution in [0, 0.1) is 10.1 Å². The van der Waals surface area contributed by atoms with Gasteiger partial charge in [-0.25, -0.2) is 4.98 Å². The minimum Gasteiger partial charge on any atom is -0.507 e. The van der Waals surface area contributed by atoms with Crippen molar-refractivity contribution in [2.75, 3.05) is 0 Å². The predicted octanol–water partition coefficient (Wildman–Crippen LogP) is 6.67. The summed E-state index contributed by atoms with van der Waals surface area (Å²) < 4.78 is 5.78. The van der Waals surface area contributed by atoms with Gasteiger partial charge in [-0.1, -0.05) is 17.7 Å². The monoisotopic (exact) mass is 443 g/mol. The predicted molar refractivity (Wildman–Crippen MR) is 124 cm³/mol. The lowest BCUT2D eigenvalue weighted by Crippen LogP contribution is -1.90. The smallest absolute Gasteiger partial charge is 0.270 e. The van der Waals surface area contributed by atoms with Crippen molar-refractivity contribution in [3.63, 3.8) is 0 Å². The summed E-state index contributed by atoms with van der Waals surface area (Å²) in [4.78, 5) is 19.5. The normalized spacial score (nSPS) is 11.5. The minimum absolute atomic E-state index is 0.0110. The fraction of sp³-hybridized carbons (Fsp3) is 0. The highest BCUT2D eigenvalue weighted by atomic mass is 35.5. The van der Waals surface area contributed by atoms with Gasteiger partial charge in [0.15, 0.2) is 5.58 Å². The molecule has 0 amide bonds. The second kappa shape index (κ2) is 7.79. The van der Waals surface area contributed by atoms with E-state index in [9.17, 15) is 15.2 Å². The summed E-state index contributed by atoms with van der Waals surface area (Å²) >= 11 is 6.00. The third-order valence-corrected chi connectivity index (χ3v) is 5.27. The maximum Gasteiger partial charge on any atom is 0.270 e. The number of aromatic nitrogens is 1. The summed E-state index contributed by atoms with van der Waals surface area (Å²) in [6.45, 7) is 0. The molecule has 0 saturated carbocycles. The van der Waals surface area contributed by atoms with E-state index in [-0.39, 0.29) is 11.4 Å². The van der Waals surface area contributed by atoms with Gasteiger partial charge in [0.2, 0.25) is 5.89 Å². The summed E-state index contributed by atoms with van der Waals surface area (Å²) in [6.07, 6.45) is 1.54. The standard InChI is InChI=1S/C24H14ClN3O4/c25-16-4-10-23-21(12-16)27-24(32-23)14-1-5-17(6-2-14)26-13-20-19-8-7-18(28(30)31)11-15(19)3-9-22(20)29/h1-13,29H. The molecule has 1 heterocycles. The van der Waals surface area contributed by atoms with Crippen LogP contribution in [0.5, 0.6) is 5.75 Å². The molecule has 5 aromatic rings. The van der Waals surface area contributed by atoms with Gasteiger partial charge in [-0.2, -0.15) is 0 Å². The molecule has 7 nitrogen and oxygen atoms in total. The summed E-state index contributed by atoms with van der Waals surface area (Å²) in [5, 5.41) is 23.2. The van der Waals surface area contributed by atoms with E-state index in [1.807, 2.05) is 12.1 Å². The number of rotatable bonds is 4. The van der Waals surface area contributed by atoms with Crippen LogP contribution in [-0.2, 0) is 0 Å². The topological polar surface area (TPSA) is 102 Å². The molecule has 0 aliphatic carbocycles. The molecule has 156 valence electrons. The van der Waals surface area contributed by atoms with Gasteiger partial charge in [0.1, 0.15) is 11.3 Å². The molecule has 0 radical (unpaired) electrons. The van der Waals surface area contributed by atoms with Gasteiger partial charge in [0.25, 0.3) is 5.69 Å². The molecule has 0 fully saturated rings. The molecule has 0 unspecified atom stereocenters. The van der Waals surface area contributed by atoms with Gasteiger partial charge < -0.3 is 9.52 Å². The number of nitro groups is 1. The van der Waals surface area contributed by atoms with Gasteiger partial charge in [0.05, 0.1) is 10.6 Å². The highest BCUT2D eigenvalue weighted by Gasteiger charge is 2.11. The van der Waals surface area contributed by atoms with E-state index in [2.05, 4.69) is 9.98 Å². The summed E-state index contributed by atoms with van der Waals surface area (Å²) in [5.41, 5.74) is 3.25. The lowest BCUT2D eigenvalue weighted by atomic mass is 10.0. The molecule has 8 heteroatoms. The van der Waals surface area contributed by atoms with Crippen LogP contribution in [0.15, 0.2) is 82.2 Å². The third-order valence-electron chi connectivity index (χ3n) is 5.04. The third kappa shape index (κ3) is 3.66. The highest BCUT2D eigenvalue weighted by molar-refractivity contribution is 6.31. The maximum absolute atomic E-state index is 11.0. The number of nitro benzene ring substituents is 1. The molecule has 0 spiro atoms. The van der Waals surface area contributed by atoms with Crippen LogP contribution in [0.25, 0.3) is 33.3 Å². The van der Waals surface area contributed by atoms with Crippen molar-refractivity contribution in [3.05, 3.63) is 93.5 Å². The summed E-state index contributed by atoms with van der Waals surface area (Å²) in [7, 11) is 0. The molecule has 32 heavy (non-hydrogen) atoms. The molecule has 1 aromatic heterocycles. The Balaban J connectivity index is 1.45. The second-order valence-corrected chi connectivity index (χ2v) is 7.53. The van der Waals surface area contributed by atoms with Crippen LogP contribution in [0.1, 0.15) is 5.56 Å². The second-order valence-electron chi connectivity index (χ2n) is 7.10. The van der Waals surface area contributed by atoms with Crippen molar-refractivity contribution in [3.8, 4) is 17.2 Å². The first-order valence-corrected chi connectivity index (χ1v) is 9.96. The van der Waals surface area contributed by atoms with E-state index >= 15 is 0 Å². The van der Waals surface area contributed by atoms with E-state index in [0.29, 0.717) is 44.0 Å². The van der Waals surface area contributed by atoms with Crippen LogP contribution in [-0.4, -0.2) is 21.2 Å². The van der Waals surface area contributed by atoms with Crippen molar-refractivity contribution in [1.29, 1.82) is 0 Å². The summed E-state index contributed by atoms with van der Waals surface area (Å²) in [5.74, 6) is 0.517. The van der Waals surface area contributed by atoms with E-state index in [4.69, 9.17) is 16.0 Å². The Morgan fingerprint density at radius 3 is 2.62 bits per heavy atom. The van der Waals surface area contributed by atoms with E-state index < -0.39 is 4.92 Å². The zero-order valence-corrected chi connectivity index (χ0v) is 17.2. The number of fused-ring (bicyclic) bond motifs is 2. The zero-order chi connectivity index (χ0) is 22.2. The molecule has 0 aliphatic heterocycles. The number of non-ortho nitro benzene ring substituents is 1. The van der Waals surface area contributed by atoms with Gasteiger partial charge in [-0.3, -0.25) is 15.1 Å². The molecule has 5 rings (SSSR count). The van der Waals surface area contributed by atoms with Crippen LogP contribution < -0.4 is 0 Å². The number of phenols is 1. The van der Waals surface area contributed by atoms with E-state index in [1.165, 1.54) is 18.2 Å². The number of oxazole rings is 1.